The number of carbonyl (C=O) groups is 2. The van der Waals surface area contributed by atoms with Crippen LogP contribution in [0.15, 0.2) is 0 Å². The minimum atomic E-state index is -0.0631. The van der Waals surface area contributed by atoms with Gasteiger partial charge in [0.25, 0.3) is 0 Å². The standard InChI is InChI=1S/C20H38O3/c1-3-5-6-13-16-19(21)17-14-11-9-7-8-10-12-15-18-20(22)23-4-2/h3-18H2,1-2H3. The number of ether oxygens (including phenoxy) is 1. The molecule has 23 heavy (non-hydrogen) atoms. The van der Waals surface area contributed by atoms with Crippen LogP contribution in [0.4, 0.5) is 0 Å². The summed E-state index contributed by atoms with van der Waals surface area (Å²) in [5, 5.41) is 0. The molecule has 0 aliphatic heterocycles. The lowest BCUT2D eigenvalue weighted by Gasteiger charge is -2.03. The number of ketones is 1. The van der Waals surface area contributed by atoms with Gasteiger partial charge in [0, 0.05) is 19.3 Å². The van der Waals surface area contributed by atoms with Gasteiger partial charge in [0.1, 0.15) is 5.78 Å². The maximum atomic E-state index is 11.7. The van der Waals surface area contributed by atoms with E-state index < -0.39 is 0 Å². The van der Waals surface area contributed by atoms with E-state index in [-0.39, 0.29) is 5.97 Å². The zero-order valence-corrected chi connectivity index (χ0v) is 15.5. The molecule has 0 aliphatic carbocycles. The molecule has 0 radical (unpaired) electrons. The normalized spacial score (nSPS) is 10.7. The van der Waals surface area contributed by atoms with E-state index >= 15 is 0 Å². The van der Waals surface area contributed by atoms with Gasteiger partial charge in [-0.3, -0.25) is 9.59 Å². The summed E-state index contributed by atoms with van der Waals surface area (Å²) in [5.74, 6) is 0.395. The molecule has 0 unspecified atom stereocenters. The Hall–Kier alpha value is -0.860. The molecule has 0 saturated heterocycles. The van der Waals surface area contributed by atoms with Crippen molar-refractivity contribution in [2.75, 3.05) is 6.61 Å². The van der Waals surface area contributed by atoms with E-state index in [1.54, 1.807) is 0 Å². The Labute approximate surface area is 143 Å². The molecular weight excluding hydrogens is 288 g/mol. The first-order valence-corrected chi connectivity index (χ1v) is 9.88. The van der Waals surface area contributed by atoms with E-state index in [0.29, 0.717) is 18.8 Å². The fourth-order valence-corrected chi connectivity index (χ4v) is 2.76. The van der Waals surface area contributed by atoms with Gasteiger partial charge in [-0.05, 0) is 26.2 Å². The van der Waals surface area contributed by atoms with Gasteiger partial charge in [0.15, 0.2) is 0 Å². The van der Waals surface area contributed by atoms with E-state index in [1.165, 1.54) is 51.4 Å². The van der Waals surface area contributed by atoms with Crippen molar-refractivity contribution in [2.24, 2.45) is 0 Å². The van der Waals surface area contributed by atoms with Crippen LogP contribution in [-0.4, -0.2) is 18.4 Å². The van der Waals surface area contributed by atoms with Crippen molar-refractivity contribution in [3.8, 4) is 0 Å². The SMILES string of the molecule is CCCCCCC(=O)CCCCCCCCCCC(=O)OCC. The Balaban J connectivity index is 3.18. The maximum absolute atomic E-state index is 11.7. The molecule has 0 bridgehead atoms. The maximum Gasteiger partial charge on any atom is 0.305 e. The highest BCUT2D eigenvalue weighted by Crippen LogP contribution is 2.12. The molecule has 0 aromatic rings. The molecular formula is C20H38O3. The Bertz CT molecular complexity index is 287. The van der Waals surface area contributed by atoms with E-state index in [2.05, 4.69) is 6.92 Å². The lowest BCUT2D eigenvalue weighted by molar-refractivity contribution is -0.143. The molecule has 3 heteroatoms. The molecule has 0 aromatic heterocycles. The lowest BCUT2D eigenvalue weighted by Crippen LogP contribution is -2.03. The van der Waals surface area contributed by atoms with Gasteiger partial charge in [-0.25, -0.2) is 0 Å². The van der Waals surface area contributed by atoms with Crippen molar-refractivity contribution in [3.63, 3.8) is 0 Å². The van der Waals surface area contributed by atoms with Crippen LogP contribution >= 0.6 is 0 Å². The zero-order valence-electron chi connectivity index (χ0n) is 15.5. The van der Waals surface area contributed by atoms with Crippen LogP contribution in [0.5, 0.6) is 0 Å². The molecule has 0 heterocycles. The molecule has 0 N–H and O–H groups in total. The summed E-state index contributed by atoms with van der Waals surface area (Å²) in [7, 11) is 0. The van der Waals surface area contributed by atoms with Crippen molar-refractivity contribution in [1.29, 1.82) is 0 Å². The van der Waals surface area contributed by atoms with Gasteiger partial charge in [-0.1, -0.05) is 64.7 Å². The number of rotatable bonds is 17. The Morgan fingerprint density at radius 3 is 1.52 bits per heavy atom. The minimum Gasteiger partial charge on any atom is -0.466 e. The molecule has 0 aliphatic rings. The summed E-state index contributed by atoms with van der Waals surface area (Å²) < 4.78 is 4.90. The van der Waals surface area contributed by atoms with Crippen LogP contribution in [0.25, 0.3) is 0 Å². The van der Waals surface area contributed by atoms with Crippen LogP contribution in [0, 0.1) is 0 Å². The van der Waals surface area contributed by atoms with Crippen LogP contribution in [0.1, 0.15) is 110 Å². The van der Waals surface area contributed by atoms with E-state index in [0.717, 1.165) is 38.5 Å². The Kier molecular flexibility index (Phi) is 16.8. The number of carbonyl (C=O) groups excluding carboxylic acids is 2. The smallest absolute Gasteiger partial charge is 0.305 e. The van der Waals surface area contributed by atoms with Crippen molar-refractivity contribution in [3.05, 3.63) is 0 Å². The fraction of sp³-hybridized carbons (Fsp3) is 0.900. The van der Waals surface area contributed by atoms with Crippen molar-refractivity contribution in [1.82, 2.24) is 0 Å². The first-order valence-electron chi connectivity index (χ1n) is 9.88. The Morgan fingerprint density at radius 1 is 0.609 bits per heavy atom. The zero-order chi connectivity index (χ0) is 17.2. The summed E-state index contributed by atoms with van der Waals surface area (Å²) in [4.78, 5) is 22.8. The second kappa shape index (κ2) is 17.5. The average Bonchev–Trinajstić information content (AvgIpc) is 2.53. The summed E-state index contributed by atoms with van der Waals surface area (Å²) in [6.07, 6.45) is 16.2. The third kappa shape index (κ3) is 17.3. The highest BCUT2D eigenvalue weighted by molar-refractivity contribution is 5.78. The molecule has 0 rings (SSSR count). The predicted molar refractivity (Wildman–Crippen MR) is 96.6 cm³/mol. The molecule has 0 atom stereocenters. The summed E-state index contributed by atoms with van der Waals surface area (Å²) in [6.45, 7) is 4.53. The van der Waals surface area contributed by atoms with Gasteiger partial charge in [0.05, 0.1) is 6.61 Å². The first kappa shape index (κ1) is 22.1. The number of unbranched alkanes of at least 4 members (excludes halogenated alkanes) is 10. The minimum absolute atomic E-state index is 0.0631. The average molecular weight is 327 g/mol. The van der Waals surface area contributed by atoms with Crippen molar-refractivity contribution in [2.45, 2.75) is 110 Å². The topological polar surface area (TPSA) is 43.4 Å². The van der Waals surface area contributed by atoms with Crippen LogP contribution in [0.2, 0.25) is 0 Å². The van der Waals surface area contributed by atoms with E-state index in [4.69, 9.17) is 4.74 Å². The quantitative estimate of drug-likeness (QED) is 0.243. The molecule has 0 saturated carbocycles. The number of hydrogen-bond donors (Lipinski definition) is 0. The molecule has 0 fully saturated rings. The number of Topliss-reactive ketones (excluding diaryl/α,β-unsaturated/α-hetero) is 1. The highest BCUT2D eigenvalue weighted by atomic mass is 16.5. The highest BCUT2D eigenvalue weighted by Gasteiger charge is 2.02. The van der Waals surface area contributed by atoms with Crippen LogP contribution in [0.3, 0.4) is 0 Å². The summed E-state index contributed by atoms with van der Waals surface area (Å²) in [6, 6.07) is 0. The fourth-order valence-electron chi connectivity index (χ4n) is 2.76. The second-order valence-corrected chi connectivity index (χ2v) is 6.48. The molecule has 3 nitrogen and oxygen atoms in total. The molecule has 0 amide bonds. The second-order valence-electron chi connectivity index (χ2n) is 6.48. The number of esters is 1. The molecule has 136 valence electrons. The predicted octanol–water partition coefficient (Wildman–Crippen LogP) is 5.99. The van der Waals surface area contributed by atoms with Gasteiger partial charge < -0.3 is 4.74 Å². The third-order valence-electron chi connectivity index (χ3n) is 4.20. The monoisotopic (exact) mass is 326 g/mol. The van der Waals surface area contributed by atoms with Gasteiger partial charge in [-0.15, -0.1) is 0 Å². The van der Waals surface area contributed by atoms with Gasteiger partial charge >= 0.3 is 5.97 Å². The lowest BCUT2D eigenvalue weighted by atomic mass is 10.0. The van der Waals surface area contributed by atoms with Crippen molar-refractivity contribution >= 4 is 11.8 Å². The van der Waals surface area contributed by atoms with Gasteiger partial charge in [-0.2, -0.15) is 0 Å². The van der Waals surface area contributed by atoms with E-state index in [9.17, 15) is 9.59 Å². The number of hydrogen-bond acceptors (Lipinski definition) is 3. The van der Waals surface area contributed by atoms with Crippen LogP contribution < -0.4 is 0 Å². The van der Waals surface area contributed by atoms with E-state index in [1.807, 2.05) is 6.92 Å². The van der Waals surface area contributed by atoms with Crippen molar-refractivity contribution < 1.29 is 14.3 Å². The van der Waals surface area contributed by atoms with Gasteiger partial charge in [0.2, 0.25) is 0 Å². The Morgan fingerprint density at radius 2 is 1.04 bits per heavy atom. The molecule has 0 spiro atoms. The molecule has 0 aromatic carbocycles. The third-order valence-corrected chi connectivity index (χ3v) is 4.20. The van der Waals surface area contributed by atoms with Crippen LogP contribution in [-0.2, 0) is 14.3 Å². The first-order chi connectivity index (χ1) is 11.2. The largest absolute Gasteiger partial charge is 0.466 e. The summed E-state index contributed by atoms with van der Waals surface area (Å²) in [5.41, 5.74) is 0. The summed E-state index contributed by atoms with van der Waals surface area (Å²) >= 11 is 0.